The van der Waals surface area contributed by atoms with Gasteiger partial charge in [0.15, 0.2) is 11.5 Å². The average molecular weight is 322 g/mol. The van der Waals surface area contributed by atoms with Crippen molar-refractivity contribution in [3.63, 3.8) is 0 Å². The number of nitrogens with one attached hydrogen (secondary N) is 1. The Bertz CT molecular complexity index is 717. The Balaban J connectivity index is 1.66. The Kier molecular flexibility index (Phi) is 4.13. The summed E-state index contributed by atoms with van der Waals surface area (Å²) in [6.07, 6.45) is 2.05. The molecule has 2 heterocycles. The van der Waals surface area contributed by atoms with Crippen LogP contribution in [0.3, 0.4) is 0 Å². The van der Waals surface area contributed by atoms with E-state index in [2.05, 4.69) is 59.3 Å². The van der Waals surface area contributed by atoms with E-state index in [9.17, 15) is 0 Å². The molecule has 0 spiro atoms. The normalized spacial score (nSPS) is 20.7. The number of fused-ring (bicyclic) bond motifs is 1. The highest BCUT2D eigenvalue weighted by atomic mass is 16.7. The summed E-state index contributed by atoms with van der Waals surface area (Å²) in [5.41, 5.74) is 2.47. The highest BCUT2D eigenvalue weighted by Gasteiger charge is 2.30. The maximum atomic E-state index is 5.55. The molecule has 2 aromatic carbocycles. The zero-order chi connectivity index (χ0) is 16.4. The van der Waals surface area contributed by atoms with Crippen molar-refractivity contribution in [2.75, 3.05) is 31.3 Å². The molecule has 4 rings (SSSR count). The zero-order valence-electron chi connectivity index (χ0n) is 13.7. The topological polar surface area (TPSA) is 33.7 Å². The molecule has 1 fully saturated rings. The van der Waals surface area contributed by atoms with Crippen LogP contribution in [0, 0.1) is 0 Å². The van der Waals surface area contributed by atoms with Gasteiger partial charge in [-0.1, -0.05) is 30.3 Å². The highest BCUT2D eigenvalue weighted by molar-refractivity contribution is 5.51. The van der Waals surface area contributed by atoms with Gasteiger partial charge in [0, 0.05) is 31.2 Å². The Morgan fingerprint density at radius 2 is 1.96 bits per heavy atom. The van der Waals surface area contributed by atoms with Crippen LogP contribution in [-0.4, -0.2) is 32.5 Å². The Morgan fingerprint density at radius 1 is 1.12 bits per heavy atom. The van der Waals surface area contributed by atoms with Crippen LogP contribution in [0.25, 0.3) is 0 Å². The minimum Gasteiger partial charge on any atom is -0.454 e. The molecule has 2 aromatic rings. The van der Waals surface area contributed by atoms with Crippen molar-refractivity contribution in [2.24, 2.45) is 0 Å². The first-order valence-corrected chi connectivity index (χ1v) is 8.41. The summed E-state index contributed by atoms with van der Waals surface area (Å²) >= 11 is 0. The van der Waals surface area contributed by atoms with Gasteiger partial charge in [-0.05, 0) is 29.8 Å². The zero-order valence-corrected chi connectivity index (χ0v) is 13.7. The van der Waals surface area contributed by atoms with Crippen molar-refractivity contribution in [2.45, 2.75) is 12.0 Å². The maximum Gasteiger partial charge on any atom is 0.231 e. The van der Waals surface area contributed by atoms with Crippen molar-refractivity contribution < 1.29 is 9.47 Å². The number of hydrogen-bond donors (Lipinski definition) is 1. The fourth-order valence-electron chi connectivity index (χ4n) is 3.62. The van der Waals surface area contributed by atoms with E-state index in [1.807, 2.05) is 12.1 Å². The van der Waals surface area contributed by atoms with E-state index in [4.69, 9.17) is 9.47 Å². The molecule has 2 aliphatic heterocycles. The quantitative estimate of drug-likeness (QED) is 0.877. The number of piperazine rings is 1. The van der Waals surface area contributed by atoms with Gasteiger partial charge in [0.25, 0.3) is 0 Å². The molecule has 0 radical (unpaired) electrons. The van der Waals surface area contributed by atoms with Gasteiger partial charge in [0.05, 0.1) is 6.04 Å². The van der Waals surface area contributed by atoms with Crippen LogP contribution in [0.1, 0.15) is 11.5 Å². The summed E-state index contributed by atoms with van der Waals surface area (Å²) in [4.78, 5) is 2.48. The second-order valence-corrected chi connectivity index (χ2v) is 6.17. The summed E-state index contributed by atoms with van der Waals surface area (Å²) in [6.45, 7) is 7.33. The number of ether oxygens (including phenoxy) is 2. The molecule has 4 nitrogen and oxygen atoms in total. The van der Waals surface area contributed by atoms with E-state index in [0.717, 1.165) is 31.1 Å². The third kappa shape index (κ3) is 2.74. The van der Waals surface area contributed by atoms with Crippen LogP contribution in [0.5, 0.6) is 11.5 Å². The first-order valence-electron chi connectivity index (χ1n) is 8.41. The summed E-state index contributed by atoms with van der Waals surface area (Å²) in [7, 11) is 0. The Labute approximate surface area is 142 Å². The molecule has 1 N–H and O–H groups in total. The van der Waals surface area contributed by atoms with Crippen LogP contribution < -0.4 is 19.7 Å². The van der Waals surface area contributed by atoms with Crippen LogP contribution >= 0.6 is 0 Å². The fourth-order valence-corrected chi connectivity index (χ4v) is 3.62. The lowest BCUT2D eigenvalue weighted by molar-refractivity contribution is 0.174. The predicted octanol–water partition coefficient (Wildman–Crippen LogP) is 3.16. The van der Waals surface area contributed by atoms with Gasteiger partial charge in [-0.25, -0.2) is 0 Å². The van der Waals surface area contributed by atoms with E-state index in [1.165, 1.54) is 11.3 Å². The van der Waals surface area contributed by atoms with Crippen molar-refractivity contribution in [1.82, 2.24) is 5.32 Å². The minimum atomic E-state index is 0.215. The van der Waals surface area contributed by atoms with Crippen LogP contribution in [0.2, 0.25) is 0 Å². The maximum absolute atomic E-state index is 5.55. The smallest absolute Gasteiger partial charge is 0.231 e. The minimum absolute atomic E-state index is 0.215. The molecule has 1 saturated heterocycles. The van der Waals surface area contributed by atoms with Gasteiger partial charge in [-0.15, -0.1) is 6.58 Å². The van der Waals surface area contributed by atoms with Gasteiger partial charge >= 0.3 is 0 Å². The second-order valence-electron chi connectivity index (χ2n) is 6.17. The van der Waals surface area contributed by atoms with Crippen molar-refractivity contribution in [3.05, 3.63) is 66.7 Å². The van der Waals surface area contributed by atoms with Crippen LogP contribution in [-0.2, 0) is 0 Å². The molecule has 0 bridgehead atoms. The van der Waals surface area contributed by atoms with Gasteiger partial charge in [0.1, 0.15) is 0 Å². The standard InChI is InChI=1S/C20H22N2O2/c1-2-17(15-8-9-19-20(12-15)24-14-23-19)18-13-21-10-11-22(18)16-6-4-3-5-7-16/h2-9,12,17-18,21H,1,10-11,13-14H2. The molecule has 2 atom stereocenters. The number of anilines is 1. The Morgan fingerprint density at radius 3 is 2.79 bits per heavy atom. The molecule has 4 heteroatoms. The van der Waals surface area contributed by atoms with E-state index in [0.29, 0.717) is 12.8 Å². The molecule has 24 heavy (non-hydrogen) atoms. The van der Waals surface area contributed by atoms with Gasteiger partial charge in [0.2, 0.25) is 6.79 Å². The number of hydrogen-bond acceptors (Lipinski definition) is 4. The number of benzene rings is 2. The monoisotopic (exact) mass is 322 g/mol. The third-order valence-electron chi connectivity index (χ3n) is 4.82. The molecule has 0 aliphatic carbocycles. The predicted molar refractivity (Wildman–Crippen MR) is 95.9 cm³/mol. The lowest BCUT2D eigenvalue weighted by Gasteiger charge is -2.41. The first-order chi connectivity index (χ1) is 11.9. The highest BCUT2D eigenvalue weighted by Crippen LogP contribution is 2.37. The molecule has 124 valence electrons. The molecule has 2 aliphatic rings. The summed E-state index contributed by atoms with van der Waals surface area (Å²) in [6, 6.07) is 17.1. The van der Waals surface area contributed by atoms with E-state index >= 15 is 0 Å². The van der Waals surface area contributed by atoms with Crippen molar-refractivity contribution >= 4 is 5.69 Å². The fraction of sp³-hybridized carbons (Fsp3) is 0.300. The summed E-state index contributed by atoms with van der Waals surface area (Å²) < 4.78 is 11.0. The number of para-hydroxylation sites is 1. The Hall–Kier alpha value is -2.46. The number of rotatable bonds is 4. The van der Waals surface area contributed by atoms with Crippen LogP contribution in [0.4, 0.5) is 5.69 Å². The average Bonchev–Trinajstić information content (AvgIpc) is 3.11. The molecule has 0 amide bonds. The molecule has 0 aromatic heterocycles. The van der Waals surface area contributed by atoms with E-state index < -0.39 is 0 Å². The lowest BCUT2D eigenvalue weighted by atomic mass is 9.88. The second kappa shape index (κ2) is 6.57. The van der Waals surface area contributed by atoms with Gasteiger partial charge < -0.3 is 19.7 Å². The molecule has 0 saturated carbocycles. The SMILES string of the molecule is C=CC(c1ccc2c(c1)OCO2)C1CNCCN1c1ccccc1. The summed E-state index contributed by atoms with van der Waals surface area (Å²) in [5, 5.41) is 3.53. The molecule has 2 unspecified atom stereocenters. The van der Waals surface area contributed by atoms with Gasteiger partial charge in [-0.3, -0.25) is 0 Å². The van der Waals surface area contributed by atoms with Crippen molar-refractivity contribution in [3.8, 4) is 11.5 Å². The molecular formula is C20H22N2O2. The van der Waals surface area contributed by atoms with E-state index in [-0.39, 0.29) is 5.92 Å². The van der Waals surface area contributed by atoms with Gasteiger partial charge in [-0.2, -0.15) is 0 Å². The van der Waals surface area contributed by atoms with Crippen LogP contribution in [0.15, 0.2) is 61.2 Å². The largest absolute Gasteiger partial charge is 0.454 e. The van der Waals surface area contributed by atoms with Crippen molar-refractivity contribution in [1.29, 1.82) is 0 Å². The lowest BCUT2D eigenvalue weighted by Crippen LogP contribution is -2.53. The molecular weight excluding hydrogens is 300 g/mol. The van der Waals surface area contributed by atoms with E-state index in [1.54, 1.807) is 0 Å². The summed E-state index contributed by atoms with van der Waals surface area (Å²) in [5.74, 6) is 1.87. The first kappa shape index (κ1) is 15.1. The third-order valence-corrected chi connectivity index (χ3v) is 4.82. The number of nitrogens with zero attached hydrogens (tertiary/aromatic N) is 1.